The number of anilines is 1. The summed E-state index contributed by atoms with van der Waals surface area (Å²) >= 11 is 1.72. The van der Waals surface area contributed by atoms with Crippen LogP contribution in [0.4, 0.5) is 5.69 Å². The van der Waals surface area contributed by atoms with Gasteiger partial charge in [-0.2, -0.15) is 0 Å². The molecule has 1 amide bonds. The molecule has 4 rings (SSSR count). The highest BCUT2D eigenvalue weighted by Crippen LogP contribution is 2.31. The SMILES string of the molecule is O=C(c1cc2c(s1)CCCCC2)N1CCNCc2ccccc21. The summed E-state index contributed by atoms with van der Waals surface area (Å²) in [7, 11) is 0. The molecular weight excluding hydrogens is 304 g/mol. The number of carbonyl (C=O) groups is 1. The van der Waals surface area contributed by atoms with Gasteiger partial charge in [0.2, 0.25) is 0 Å². The monoisotopic (exact) mass is 326 g/mol. The lowest BCUT2D eigenvalue weighted by Gasteiger charge is -2.21. The largest absolute Gasteiger partial charge is 0.311 e. The molecule has 0 atom stereocenters. The number of thiophene rings is 1. The first-order valence-corrected chi connectivity index (χ1v) is 9.36. The maximum Gasteiger partial charge on any atom is 0.268 e. The van der Waals surface area contributed by atoms with Crippen molar-refractivity contribution in [2.24, 2.45) is 0 Å². The van der Waals surface area contributed by atoms with Gasteiger partial charge in [-0.3, -0.25) is 4.79 Å². The van der Waals surface area contributed by atoms with Gasteiger partial charge in [0.05, 0.1) is 4.88 Å². The van der Waals surface area contributed by atoms with Crippen LogP contribution in [0.1, 0.15) is 44.9 Å². The van der Waals surface area contributed by atoms with Crippen molar-refractivity contribution in [2.45, 2.75) is 38.6 Å². The molecule has 23 heavy (non-hydrogen) atoms. The fraction of sp³-hybridized carbons (Fsp3) is 0.421. The maximum atomic E-state index is 13.1. The predicted molar refractivity (Wildman–Crippen MR) is 95.4 cm³/mol. The smallest absolute Gasteiger partial charge is 0.268 e. The summed E-state index contributed by atoms with van der Waals surface area (Å²) in [5.41, 5.74) is 3.68. The quantitative estimate of drug-likeness (QED) is 0.809. The lowest BCUT2D eigenvalue weighted by molar-refractivity contribution is 0.0991. The summed E-state index contributed by atoms with van der Waals surface area (Å²) in [6, 6.07) is 10.4. The van der Waals surface area contributed by atoms with Crippen LogP contribution in [0, 0.1) is 0 Å². The molecule has 0 saturated carbocycles. The molecule has 1 N–H and O–H groups in total. The Balaban J connectivity index is 1.66. The van der Waals surface area contributed by atoms with E-state index < -0.39 is 0 Å². The van der Waals surface area contributed by atoms with Crippen LogP contribution in [0.15, 0.2) is 30.3 Å². The summed E-state index contributed by atoms with van der Waals surface area (Å²) in [5.74, 6) is 0.166. The van der Waals surface area contributed by atoms with Gasteiger partial charge < -0.3 is 10.2 Å². The Bertz CT molecular complexity index is 698. The highest BCUT2D eigenvalue weighted by Gasteiger charge is 2.24. The second kappa shape index (κ2) is 6.46. The van der Waals surface area contributed by atoms with Crippen LogP contribution in [0.5, 0.6) is 0 Å². The standard InChI is InChI=1S/C19H22N2OS/c22-19(18-12-14-6-2-1-3-9-17(14)23-18)21-11-10-20-13-15-7-4-5-8-16(15)21/h4-5,7-8,12,20H,1-3,6,9-11,13H2. The molecule has 120 valence electrons. The number of amides is 1. The number of nitrogens with zero attached hydrogens (tertiary/aromatic N) is 1. The zero-order valence-electron chi connectivity index (χ0n) is 13.3. The molecule has 0 unspecified atom stereocenters. The second-order valence-corrected chi connectivity index (χ2v) is 7.52. The molecule has 3 nitrogen and oxygen atoms in total. The van der Waals surface area contributed by atoms with Gasteiger partial charge >= 0.3 is 0 Å². The Morgan fingerprint density at radius 2 is 1.96 bits per heavy atom. The minimum Gasteiger partial charge on any atom is -0.311 e. The number of hydrogen-bond donors (Lipinski definition) is 1. The lowest BCUT2D eigenvalue weighted by Crippen LogP contribution is -2.34. The minimum absolute atomic E-state index is 0.166. The number of fused-ring (bicyclic) bond motifs is 2. The van der Waals surface area contributed by atoms with E-state index in [0.717, 1.165) is 43.0 Å². The zero-order valence-corrected chi connectivity index (χ0v) is 14.1. The first-order valence-electron chi connectivity index (χ1n) is 8.55. The van der Waals surface area contributed by atoms with Crippen LogP contribution < -0.4 is 10.2 Å². The second-order valence-electron chi connectivity index (χ2n) is 6.38. The van der Waals surface area contributed by atoms with E-state index in [4.69, 9.17) is 0 Å². The molecule has 0 fully saturated rings. The van der Waals surface area contributed by atoms with E-state index >= 15 is 0 Å². The van der Waals surface area contributed by atoms with E-state index in [1.807, 2.05) is 17.0 Å². The molecule has 1 aromatic carbocycles. The van der Waals surface area contributed by atoms with E-state index in [9.17, 15) is 4.79 Å². The summed E-state index contributed by atoms with van der Waals surface area (Å²) in [6.45, 7) is 2.41. The van der Waals surface area contributed by atoms with Crippen molar-refractivity contribution in [2.75, 3.05) is 18.0 Å². The number of benzene rings is 1. The number of aryl methyl sites for hydroxylation is 2. The van der Waals surface area contributed by atoms with Crippen molar-refractivity contribution in [3.63, 3.8) is 0 Å². The molecule has 0 bridgehead atoms. The Morgan fingerprint density at radius 3 is 2.91 bits per heavy atom. The molecule has 1 aliphatic heterocycles. The third-order valence-electron chi connectivity index (χ3n) is 4.81. The lowest BCUT2D eigenvalue weighted by atomic mass is 10.1. The summed E-state index contributed by atoms with van der Waals surface area (Å²) in [4.78, 5) is 17.4. The first kappa shape index (κ1) is 14.9. The van der Waals surface area contributed by atoms with Crippen LogP contribution in [0.3, 0.4) is 0 Å². The Kier molecular flexibility index (Phi) is 4.19. The van der Waals surface area contributed by atoms with Crippen LogP contribution in [0.2, 0.25) is 0 Å². The van der Waals surface area contributed by atoms with Gasteiger partial charge in [0, 0.05) is 30.2 Å². The van der Waals surface area contributed by atoms with Gasteiger partial charge in [-0.05, 0) is 48.9 Å². The predicted octanol–water partition coefficient (Wildman–Crippen LogP) is 3.77. The normalized spacial score (nSPS) is 17.8. The molecular formula is C19H22N2OS. The fourth-order valence-corrected chi connectivity index (χ4v) is 4.78. The average molecular weight is 326 g/mol. The van der Waals surface area contributed by atoms with Crippen molar-refractivity contribution in [3.05, 3.63) is 51.2 Å². The molecule has 2 aromatic rings. The third-order valence-corrected chi connectivity index (χ3v) is 6.04. The topological polar surface area (TPSA) is 32.3 Å². The van der Waals surface area contributed by atoms with Crippen molar-refractivity contribution in [1.82, 2.24) is 5.32 Å². The first-order chi connectivity index (χ1) is 11.3. The zero-order chi connectivity index (χ0) is 15.6. The fourth-order valence-electron chi connectivity index (χ4n) is 3.57. The van der Waals surface area contributed by atoms with Gasteiger partial charge in [-0.15, -0.1) is 11.3 Å². The van der Waals surface area contributed by atoms with E-state index in [2.05, 4.69) is 23.5 Å². The van der Waals surface area contributed by atoms with E-state index in [-0.39, 0.29) is 5.91 Å². The summed E-state index contributed by atoms with van der Waals surface area (Å²) < 4.78 is 0. The maximum absolute atomic E-state index is 13.1. The van der Waals surface area contributed by atoms with Gasteiger partial charge in [-0.25, -0.2) is 0 Å². The van der Waals surface area contributed by atoms with Gasteiger partial charge in [0.1, 0.15) is 0 Å². The van der Waals surface area contributed by atoms with E-state index in [1.165, 1.54) is 35.3 Å². The molecule has 2 heterocycles. The number of para-hydroxylation sites is 1. The van der Waals surface area contributed by atoms with Gasteiger partial charge in [-0.1, -0.05) is 24.6 Å². The van der Waals surface area contributed by atoms with Crippen LogP contribution in [-0.2, 0) is 19.4 Å². The minimum atomic E-state index is 0.166. The number of nitrogens with one attached hydrogen (secondary N) is 1. The molecule has 4 heteroatoms. The third kappa shape index (κ3) is 2.93. The number of rotatable bonds is 1. The summed E-state index contributed by atoms with van der Waals surface area (Å²) in [5, 5.41) is 3.41. The van der Waals surface area contributed by atoms with Crippen molar-refractivity contribution in [1.29, 1.82) is 0 Å². The van der Waals surface area contributed by atoms with E-state index in [0.29, 0.717) is 0 Å². The molecule has 1 aromatic heterocycles. The highest BCUT2D eigenvalue weighted by molar-refractivity contribution is 7.14. The van der Waals surface area contributed by atoms with E-state index in [1.54, 1.807) is 11.3 Å². The van der Waals surface area contributed by atoms with Crippen molar-refractivity contribution >= 4 is 22.9 Å². The Labute approximate surface area is 141 Å². The van der Waals surface area contributed by atoms with Crippen LogP contribution in [-0.4, -0.2) is 19.0 Å². The molecule has 1 aliphatic carbocycles. The van der Waals surface area contributed by atoms with Crippen LogP contribution in [0.25, 0.3) is 0 Å². The van der Waals surface area contributed by atoms with Gasteiger partial charge in [0.25, 0.3) is 5.91 Å². The van der Waals surface area contributed by atoms with Crippen molar-refractivity contribution < 1.29 is 4.79 Å². The average Bonchev–Trinajstić information content (AvgIpc) is 2.75. The molecule has 0 spiro atoms. The van der Waals surface area contributed by atoms with Crippen molar-refractivity contribution in [3.8, 4) is 0 Å². The van der Waals surface area contributed by atoms with Crippen LogP contribution >= 0.6 is 11.3 Å². The number of hydrogen-bond acceptors (Lipinski definition) is 3. The Morgan fingerprint density at radius 1 is 1.09 bits per heavy atom. The molecule has 2 aliphatic rings. The molecule has 0 radical (unpaired) electrons. The van der Waals surface area contributed by atoms with Gasteiger partial charge in [0.15, 0.2) is 0 Å². The summed E-state index contributed by atoms with van der Waals surface area (Å²) in [6.07, 6.45) is 6.12. The molecule has 0 saturated heterocycles. The number of carbonyl (C=O) groups excluding carboxylic acids is 1. The highest BCUT2D eigenvalue weighted by atomic mass is 32.1. The Hall–Kier alpha value is -1.65.